The quantitative estimate of drug-likeness (QED) is 0.806. The second-order valence-corrected chi connectivity index (χ2v) is 3.42. The van der Waals surface area contributed by atoms with E-state index >= 15 is 0 Å². The molecule has 1 saturated heterocycles. The van der Waals surface area contributed by atoms with E-state index in [2.05, 4.69) is 10.1 Å². The number of nitrogens with one attached hydrogen (secondary N) is 1. The number of ether oxygens (including phenoxy) is 1. The lowest BCUT2D eigenvalue weighted by Gasteiger charge is -2.11. The Hall–Kier alpha value is -1.72. The van der Waals surface area contributed by atoms with Crippen LogP contribution >= 0.6 is 0 Å². The van der Waals surface area contributed by atoms with Gasteiger partial charge in [-0.2, -0.15) is 13.2 Å². The molecule has 2 rings (SSSR count). The van der Waals surface area contributed by atoms with E-state index in [0.29, 0.717) is 5.56 Å². The molecule has 1 atom stereocenters. The van der Waals surface area contributed by atoms with E-state index < -0.39 is 23.9 Å². The maximum atomic E-state index is 12.4. The average molecular weight is 231 g/mol. The fourth-order valence-corrected chi connectivity index (χ4v) is 1.50. The molecule has 6 heteroatoms. The summed E-state index contributed by atoms with van der Waals surface area (Å²) in [5, 5.41) is 2.42. The van der Waals surface area contributed by atoms with Crippen LogP contribution in [0.25, 0.3) is 0 Å². The molecule has 1 fully saturated rings. The first-order valence-corrected chi connectivity index (χ1v) is 4.57. The molecule has 1 unspecified atom stereocenters. The van der Waals surface area contributed by atoms with Gasteiger partial charge in [0.25, 0.3) is 0 Å². The summed E-state index contributed by atoms with van der Waals surface area (Å²) in [6, 6.07) is 4.33. The highest BCUT2D eigenvalue weighted by molar-refractivity contribution is 5.70. The van der Waals surface area contributed by atoms with E-state index in [4.69, 9.17) is 0 Å². The molecule has 0 radical (unpaired) electrons. The normalized spacial score (nSPS) is 20.4. The molecular formula is C10H8F3NO2. The molecule has 1 heterocycles. The lowest BCUT2D eigenvalue weighted by Crippen LogP contribution is -2.18. The molecule has 0 spiro atoms. The van der Waals surface area contributed by atoms with Gasteiger partial charge >= 0.3 is 12.3 Å². The topological polar surface area (TPSA) is 38.3 Å². The summed E-state index contributed by atoms with van der Waals surface area (Å²) in [5.74, 6) is 0. The molecule has 16 heavy (non-hydrogen) atoms. The summed E-state index contributed by atoms with van der Waals surface area (Å²) in [4.78, 5) is 10.8. The number of benzene rings is 1. The fraction of sp³-hybridized carbons (Fsp3) is 0.300. The number of carbonyl (C=O) groups is 1. The van der Waals surface area contributed by atoms with Crippen molar-refractivity contribution in [3.05, 3.63) is 35.4 Å². The van der Waals surface area contributed by atoms with E-state index in [1.807, 2.05) is 0 Å². The van der Waals surface area contributed by atoms with Crippen molar-refractivity contribution < 1.29 is 22.7 Å². The number of cyclic esters (lactones) is 1. The Morgan fingerprint density at radius 1 is 1.38 bits per heavy atom. The van der Waals surface area contributed by atoms with Crippen LogP contribution in [0.3, 0.4) is 0 Å². The van der Waals surface area contributed by atoms with Crippen LogP contribution in [0.4, 0.5) is 18.0 Å². The minimum absolute atomic E-state index is 0.0557. The van der Waals surface area contributed by atoms with Gasteiger partial charge in [-0.1, -0.05) is 12.1 Å². The van der Waals surface area contributed by atoms with Gasteiger partial charge in [-0.15, -0.1) is 0 Å². The Balaban J connectivity index is 2.26. The summed E-state index contributed by atoms with van der Waals surface area (Å²) in [6.45, 7) is 0.0557. The molecule has 1 N–H and O–H groups in total. The average Bonchev–Trinajstić information content (AvgIpc) is 2.64. The molecule has 1 amide bonds. The molecule has 0 saturated carbocycles. The Labute approximate surface area is 89.2 Å². The Kier molecular flexibility index (Phi) is 2.49. The van der Waals surface area contributed by atoms with Gasteiger partial charge in [-0.3, -0.25) is 0 Å². The molecule has 1 aromatic carbocycles. The van der Waals surface area contributed by atoms with Crippen LogP contribution in [0.2, 0.25) is 0 Å². The van der Waals surface area contributed by atoms with Crippen molar-refractivity contribution in [3.8, 4) is 0 Å². The van der Waals surface area contributed by atoms with Crippen molar-refractivity contribution in [2.75, 3.05) is 6.61 Å². The zero-order valence-corrected chi connectivity index (χ0v) is 8.04. The second kappa shape index (κ2) is 3.70. The standard InChI is InChI=1S/C10H8F3NO2/c11-10(12,13)7-3-1-2-6(4-7)8-5-16-9(15)14-8/h1-4,8H,5H2,(H,14,15). The monoisotopic (exact) mass is 231 g/mol. The second-order valence-electron chi connectivity index (χ2n) is 3.42. The minimum Gasteiger partial charge on any atom is -0.447 e. The first kappa shape index (κ1) is 10.8. The summed E-state index contributed by atoms with van der Waals surface area (Å²) >= 11 is 0. The summed E-state index contributed by atoms with van der Waals surface area (Å²) in [5.41, 5.74) is -0.341. The predicted octanol–water partition coefficient (Wildman–Crippen LogP) is 2.49. The third kappa shape index (κ3) is 2.10. The maximum absolute atomic E-state index is 12.4. The van der Waals surface area contributed by atoms with E-state index in [9.17, 15) is 18.0 Å². The molecule has 1 aromatic rings. The SMILES string of the molecule is O=C1NC(c2cccc(C(F)(F)F)c2)CO1. The lowest BCUT2D eigenvalue weighted by atomic mass is 10.0. The van der Waals surface area contributed by atoms with Crippen LogP contribution < -0.4 is 5.32 Å². The smallest absolute Gasteiger partial charge is 0.416 e. The van der Waals surface area contributed by atoms with Crippen LogP contribution in [0, 0.1) is 0 Å². The van der Waals surface area contributed by atoms with Crippen molar-refractivity contribution in [1.29, 1.82) is 0 Å². The van der Waals surface area contributed by atoms with Crippen LogP contribution in [0.15, 0.2) is 24.3 Å². The molecular weight excluding hydrogens is 223 g/mol. The summed E-state index contributed by atoms with van der Waals surface area (Å²) in [6.07, 6.45) is -4.98. The van der Waals surface area contributed by atoms with Gasteiger partial charge in [0.05, 0.1) is 11.6 Å². The highest BCUT2D eigenvalue weighted by Crippen LogP contribution is 2.31. The first-order valence-electron chi connectivity index (χ1n) is 4.57. The van der Waals surface area contributed by atoms with E-state index in [1.54, 1.807) is 0 Å². The van der Waals surface area contributed by atoms with Crippen LogP contribution in [0.1, 0.15) is 17.2 Å². The largest absolute Gasteiger partial charge is 0.447 e. The number of halogens is 3. The number of rotatable bonds is 1. The third-order valence-electron chi connectivity index (χ3n) is 2.29. The minimum atomic E-state index is -4.38. The fourth-order valence-electron chi connectivity index (χ4n) is 1.50. The molecule has 86 valence electrons. The van der Waals surface area contributed by atoms with E-state index in [1.165, 1.54) is 12.1 Å². The Morgan fingerprint density at radius 2 is 2.12 bits per heavy atom. The van der Waals surface area contributed by atoms with Gasteiger partial charge in [0.1, 0.15) is 6.61 Å². The molecule has 1 aliphatic rings. The van der Waals surface area contributed by atoms with E-state index in [0.717, 1.165) is 12.1 Å². The third-order valence-corrected chi connectivity index (χ3v) is 2.29. The van der Waals surface area contributed by atoms with E-state index in [-0.39, 0.29) is 6.61 Å². The zero-order chi connectivity index (χ0) is 11.8. The van der Waals surface area contributed by atoms with Gasteiger partial charge in [-0.25, -0.2) is 4.79 Å². The van der Waals surface area contributed by atoms with Gasteiger partial charge in [0, 0.05) is 0 Å². The molecule has 0 aromatic heterocycles. The van der Waals surface area contributed by atoms with Crippen LogP contribution in [-0.2, 0) is 10.9 Å². The molecule has 0 aliphatic carbocycles. The molecule has 0 bridgehead atoms. The Bertz CT molecular complexity index is 417. The molecule has 1 aliphatic heterocycles. The van der Waals surface area contributed by atoms with Crippen molar-refractivity contribution in [2.45, 2.75) is 12.2 Å². The summed E-state index contributed by atoms with van der Waals surface area (Å²) in [7, 11) is 0. The first-order chi connectivity index (χ1) is 7.47. The number of carbonyl (C=O) groups excluding carboxylic acids is 1. The van der Waals surface area contributed by atoms with Crippen LogP contribution in [-0.4, -0.2) is 12.7 Å². The van der Waals surface area contributed by atoms with Gasteiger partial charge in [-0.05, 0) is 17.7 Å². The van der Waals surface area contributed by atoms with Gasteiger partial charge in [0.2, 0.25) is 0 Å². The van der Waals surface area contributed by atoms with Crippen LogP contribution in [0.5, 0.6) is 0 Å². The van der Waals surface area contributed by atoms with Gasteiger partial charge in [0.15, 0.2) is 0 Å². The van der Waals surface area contributed by atoms with Crippen molar-refractivity contribution in [1.82, 2.24) is 5.32 Å². The number of alkyl halides is 3. The summed E-state index contributed by atoms with van der Waals surface area (Å²) < 4.78 is 41.9. The zero-order valence-electron chi connectivity index (χ0n) is 8.04. The highest BCUT2D eigenvalue weighted by Gasteiger charge is 2.32. The van der Waals surface area contributed by atoms with Gasteiger partial charge < -0.3 is 10.1 Å². The lowest BCUT2D eigenvalue weighted by molar-refractivity contribution is -0.137. The number of hydrogen-bond donors (Lipinski definition) is 1. The molecule has 3 nitrogen and oxygen atoms in total. The van der Waals surface area contributed by atoms with Crippen molar-refractivity contribution in [3.63, 3.8) is 0 Å². The predicted molar refractivity (Wildman–Crippen MR) is 48.7 cm³/mol. The number of alkyl carbamates (subject to hydrolysis) is 1. The highest BCUT2D eigenvalue weighted by atomic mass is 19.4. The van der Waals surface area contributed by atoms with Crippen molar-refractivity contribution in [2.24, 2.45) is 0 Å². The Morgan fingerprint density at radius 3 is 2.69 bits per heavy atom. The number of amides is 1. The van der Waals surface area contributed by atoms with Crippen molar-refractivity contribution >= 4 is 6.09 Å². The maximum Gasteiger partial charge on any atom is 0.416 e. The number of hydrogen-bond acceptors (Lipinski definition) is 2.